The Hall–Kier alpha value is -1.31. The molecule has 0 aromatic heterocycles. The normalized spacial score (nSPS) is 19.5. The first kappa shape index (κ1) is 13.1. The number of aryl methyl sites for hydroxylation is 1. The summed E-state index contributed by atoms with van der Waals surface area (Å²) in [5.74, 6) is 0.216. The SMILES string of the molecule is Cc1ccc(C(C)NC(=O)C2(C)CCCC2)cc1. The second-order valence-corrected chi connectivity index (χ2v) is 5.87. The van der Waals surface area contributed by atoms with Crippen LogP contribution in [0.3, 0.4) is 0 Å². The Morgan fingerprint density at radius 1 is 1.22 bits per heavy atom. The first-order valence-electron chi connectivity index (χ1n) is 6.89. The molecule has 1 unspecified atom stereocenters. The van der Waals surface area contributed by atoms with Gasteiger partial charge in [-0.25, -0.2) is 0 Å². The zero-order valence-corrected chi connectivity index (χ0v) is 11.6. The van der Waals surface area contributed by atoms with Crippen molar-refractivity contribution < 1.29 is 4.79 Å². The van der Waals surface area contributed by atoms with Gasteiger partial charge in [0.25, 0.3) is 0 Å². The van der Waals surface area contributed by atoms with Gasteiger partial charge in [-0.2, -0.15) is 0 Å². The van der Waals surface area contributed by atoms with E-state index in [0.29, 0.717) is 0 Å². The maximum atomic E-state index is 12.3. The lowest BCUT2D eigenvalue weighted by Crippen LogP contribution is -2.38. The largest absolute Gasteiger partial charge is 0.349 e. The van der Waals surface area contributed by atoms with Crippen LogP contribution in [0.2, 0.25) is 0 Å². The van der Waals surface area contributed by atoms with E-state index >= 15 is 0 Å². The summed E-state index contributed by atoms with van der Waals surface area (Å²) in [5.41, 5.74) is 2.29. The van der Waals surface area contributed by atoms with E-state index in [4.69, 9.17) is 0 Å². The molecular formula is C16H23NO. The highest BCUT2D eigenvalue weighted by Crippen LogP contribution is 2.38. The van der Waals surface area contributed by atoms with E-state index in [2.05, 4.69) is 50.4 Å². The zero-order chi connectivity index (χ0) is 13.2. The number of benzene rings is 1. The van der Waals surface area contributed by atoms with Gasteiger partial charge in [0.1, 0.15) is 0 Å². The van der Waals surface area contributed by atoms with Crippen LogP contribution in [-0.2, 0) is 4.79 Å². The fourth-order valence-electron chi connectivity index (χ4n) is 2.69. The molecule has 1 fully saturated rings. The molecule has 0 bridgehead atoms. The van der Waals surface area contributed by atoms with Crippen LogP contribution in [0.25, 0.3) is 0 Å². The van der Waals surface area contributed by atoms with Crippen LogP contribution in [0.4, 0.5) is 0 Å². The van der Waals surface area contributed by atoms with Crippen LogP contribution in [0.15, 0.2) is 24.3 Å². The van der Waals surface area contributed by atoms with E-state index in [0.717, 1.165) is 12.8 Å². The molecule has 1 N–H and O–H groups in total. The van der Waals surface area contributed by atoms with Crippen molar-refractivity contribution in [3.05, 3.63) is 35.4 Å². The molecule has 1 saturated carbocycles. The number of hydrogen-bond acceptors (Lipinski definition) is 1. The third-order valence-corrected chi connectivity index (χ3v) is 4.18. The smallest absolute Gasteiger partial charge is 0.226 e. The van der Waals surface area contributed by atoms with Gasteiger partial charge in [0.05, 0.1) is 6.04 Å². The lowest BCUT2D eigenvalue weighted by Gasteiger charge is -2.25. The molecule has 0 aliphatic heterocycles. The summed E-state index contributed by atoms with van der Waals surface area (Å²) in [6.07, 6.45) is 4.42. The van der Waals surface area contributed by atoms with Gasteiger partial charge in [0.15, 0.2) is 0 Å². The summed E-state index contributed by atoms with van der Waals surface area (Å²) in [4.78, 5) is 12.3. The molecule has 0 saturated heterocycles. The van der Waals surface area contributed by atoms with Crippen LogP contribution >= 0.6 is 0 Å². The first-order valence-corrected chi connectivity index (χ1v) is 6.89. The number of amides is 1. The quantitative estimate of drug-likeness (QED) is 0.863. The van der Waals surface area contributed by atoms with Crippen molar-refractivity contribution in [2.24, 2.45) is 5.41 Å². The molecule has 2 rings (SSSR count). The second-order valence-electron chi connectivity index (χ2n) is 5.87. The van der Waals surface area contributed by atoms with E-state index in [1.54, 1.807) is 0 Å². The summed E-state index contributed by atoms with van der Waals surface area (Å²) >= 11 is 0. The summed E-state index contributed by atoms with van der Waals surface area (Å²) in [6, 6.07) is 8.47. The molecule has 1 atom stereocenters. The van der Waals surface area contributed by atoms with Crippen LogP contribution in [-0.4, -0.2) is 5.91 Å². The number of rotatable bonds is 3. The number of hydrogen-bond donors (Lipinski definition) is 1. The molecule has 2 heteroatoms. The standard InChI is InChI=1S/C16H23NO/c1-12-6-8-14(9-7-12)13(2)17-15(18)16(3)10-4-5-11-16/h6-9,13H,4-5,10-11H2,1-3H3,(H,17,18). The Morgan fingerprint density at radius 2 is 1.78 bits per heavy atom. The molecule has 1 aromatic rings. The molecule has 2 nitrogen and oxygen atoms in total. The van der Waals surface area contributed by atoms with Crippen molar-refractivity contribution in [3.63, 3.8) is 0 Å². The van der Waals surface area contributed by atoms with Crippen molar-refractivity contribution in [3.8, 4) is 0 Å². The topological polar surface area (TPSA) is 29.1 Å². The van der Waals surface area contributed by atoms with Gasteiger partial charge in [0.2, 0.25) is 5.91 Å². The first-order chi connectivity index (χ1) is 8.51. The maximum Gasteiger partial charge on any atom is 0.226 e. The van der Waals surface area contributed by atoms with Gasteiger partial charge < -0.3 is 5.32 Å². The average Bonchev–Trinajstić information content (AvgIpc) is 2.78. The van der Waals surface area contributed by atoms with Crippen LogP contribution < -0.4 is 5.32 Å². The lowest BCUT2D eigenvalue weighted by molar-refractivity contribution is -0.130. The fourth-order valence-corrected chi connectivity index (χ4v) is 2.69. The van der Waals surface area contributed by atoms with Crippen molar-refractivity contribution >= 4 is 5.91 Å². The summed E-state index contributed by atoms with van der Waals surface area (Å²) in [7, 11) is 0. The number of carbonyl (C=O) groups excluding carboxylic acids is 1. The van der Waals surface area contributed by atoms with Gasteiger partial charge in [0, 0.05) is 5.41 Å². The summed E-state index contributed by atoms with van der Waals surface area (Å²) in [6.45, 7) is 6.23. The molecule has 0 radical (unpaired) electrons. The third kappa shape index (κ3) is 2.74. The minimum Gasteiger partial charge on any atom is -0.349 e. The molecule has 1 aliphatic rings. The number of carbonyl (C=O) groups is 1. The van der Waals surface area contributed by atoms with Gasteiger partial charge >= 0.3 is 0 Å². The molecule has 98 valence electrons. The van der Waals surface area contributed by atoms with Gasteiger partial charge in [-0.05, 0) is 32.3 Å². The maximum absolute atomic E-state index is 12.3. The van der Waals surface area contributed by atoms with Crippen molar-refractivity contribution in [2.75, 3.05) is 0 Å². The molecule has 18 heavy (non-hydrogen) atoms. The predicted molar refractivity (Wildman–Crippen MR) is 74.3 cm³/mol. The Labute approximate surface area is 110 Å². The van der Waals surface area contributed by atoms with Gasteiger partial charge in [-0.1, -0.05) is 49.6 Å². The Kier molecular flexibility index (Phi) is 3.74. The highest BCUT2D eigenvalue weighted by Gasteiger charge is 2.36. The average molecular weight is 245 g/mol. The van der Waals surface area contributed by atoms with Crippen molar-refractivity contribution in [2.45, 2.75) is 52.5 Å². The van der Waals surface area contributed by atoms with E-state index in [1.807, 2.05) is 0 Å². The molecule has 1 aliphatic carbocycles. The predicted octanol–water partition coefficient (Wildman–Crippen LogP) is 3.75. The second kappa shape index (κ2) is 5.13. The molecule has 1 amide bonds. The van der Waals surface area contributed by atoms with E-state index in [-0.39, 0.29) is 17.4 Å². The third-order valence-electron chi connectivity index (χ3n) is 4.18. The minimum absolute atomic E-state index is 0.0931. The summed E-state index contributed by atoms with van der Waals surface area (Å²) < 4.78 is 0. The van der Waals surface area contributed by atoms with Gasteiger partial charge in [-0.15, -0.1) is 0 Å². The molecule has 1 aromatic carbocycles. The lowest BCUT2D eigenvalue weighted by atomic mass is 9.87. The van der Waals surface area contributed by atoms with Crippen LogP contribution in [0.1, 0.15) is 56.7 Å². The fraction of sp³-hybridized carbons (Fsp3) is 0.562. The van der Waals surface area contributed by atoms with E-state index in [1.165, 1.54) is 24.0 Å². The molecule has 0 heterocycles. The monoisotopic (exact) mass is 245 g/mol. The van der Waals surface area contributed by atoms with Crippen molar-refractivity contribution in [1.82, 2.24) is 5.32 Å². The van der Waals surface area contributed by atoms with Crippen molar-refractivity contribution in [1.29, 1.82) is 0 Å². The van der Waals surface area contributed by atoms with E-state index in [9.17, 15) is 4.79 Å². The minimum atomic E-state index is -0.140. The van der Waals surface area contributed by atoms with Crippen LogP contribution in [0, 0.1) is 12.3 Å². The Morgan fingerprint density at radius 3 is 2.33 bits per heavy atom. The Bertz CT molecular complexity index is 415. The summed E-state index contributed by atoms with van der Waals surface area (Å²) in [5, 5.41) is 3.16. The van der Waals surface area contributed by atoms with Crippen LogP contribution in [0.5, 0.6) is 0 Å². The Balaban J connectivity index is 2.00. The van der Waals surface area contributed by atoms with E-state index < -0.39 is 0 Å². The molecular weight excluding hydrogens is 222 g/mol. The number of nitrogens with one attached hydrogen (secondary N) is 1. The zero-order valence-electron chi connectivity index (χ0n) is 11.6. The molecule has 0 spiro atoms. The van der Waals surface area contributed by atoms with Gasteiger partial charge in [-0.3, -0.25) is 4.79 Å². The highest BCUT2D eigenvalue weighted by atomic mass is 16.2. The highest BCUT2D eigenvalue weighted by molar-refractivity contribution is 5.82.